The molecule has 1 aromatic heterocycles. The number of aromatic nitrogens is 2. The second-order valence-corrected chi connectivity index (χ2v) is 4.51. The number of Topliss-reactive ketones (excluding diaryl/α,β-unsaturated/α-hetero) is 1. The lowest BCUT2D eigenvalue weighted by Crippen LogP contribution is -2.13. The summed E-state index contributed by atoms with van der Waals surface area (Å²) in [7, 11) is 0. The van der Waals surface area contributed by atoms with E-state index in [1.807, 2.05) is 54.2 Å². The van der Waals surface area contributed by atoms with E-state index in [0.29, 0.717) is 0 Å². The van der Waals surface area contributed by atoms with E-state index in [0.717, 1.165) is 24.2 Å². The average Bonchev–Trinajstić information content (AvgIpc) is 2.85. The van der Waals surface area contributed by atoms with Crippen molar-refractivity contribution in [2.45, 2.75) is 26.7 Å². The Morgan fingerprint density at radius 2 is 2.00 bits per heavy atom. The first kappa shape index (κ1) is 12.6. The van der Waals surface area contributed by atoms with Crippen molar-refractivity contribution in [2.24, 2.45) is 5.92 Å². The normalized spacial score (nSPS) is 12.3. The molecule has 0 aliphatic heterocycles. The molecule has 1 atom stereocenters. The van der Waals surface area contributed by atoms with Crippen LogP contribution in [-0.4, -0.2) is 15.6 Å². The molecule has 3 heteroatoms. The summed E-state index contributed by atoms with van der Waals surface area (Å²) >= 11 is 0. The Hall–Kier alpha value is -1.90. The van der Waals surface area contributed by atoms with E-state index < -0.39 is 0 Å². The van der Waals surface area contributed by atoms with Crippen molar-refractivity contribution in [3.05, 3.63) is 48.3 Å². The lowest BCUT2D eigenvalue weighted by atomic mass is 9.97. The van der Waals surface area contributed by atoms with Gasteiger partial charge in [-0.25, -0.2) is 4.68 Å². The summed E-state index contributed by atoms with van der Waals surface area (Å²) in [6.07, 6.45) is 3.54. The van der Waals surface area contributed by atoms with Crippen molar-refractivity contribution < 1.29 is 4.79 Å². The molecule has 94 valence electrons. The number of carbonyl (C=O) groups excluding carboxylic acids is 1. The molecule has 2 rings (SSSR count). The lowest BCUT2D eigenvalue weighted by Gasteiger charge is -2.08. The van der Waals surface area contributed by atoms with Crippen LogP contribution < -0.4 is 0 Å². The molecule has 0 fully saturated rings. The minimum absolute atomic E-state index is 0.0872. The van der Waals surface area contributed by atoms with Crippen LogP contribution in [0.4, 0.5) is 0 Å². The number of para-hydroxylation sites is 1. The van der Waals surface area contributed by atoms with Crippen molar-refractivity contribution in [3.63, 3.8) is 0 Å². The minimum atomic E-state index is 0.0872. The molecule has 0 N–H and O–H groups in total. The molecule has 0 bridgehead atoms. The Labute approximate surface area is 107 Å². The van der Waals surface area contributed by atoms with Crippen LogP contribution >= 0.6 is 0 Å². The first-order chi connectivity index (χ1) is 8.70. The summed E-state index contributed by atoms with van der Waals surface area (Å²) in [6.45, 7) is 3.70. The van der Waals surface area contributed by atoms with E-state index >= 15 is 0 Å². The summed E-state index contributed by atoms with van der Waals surface area (Å²) in [5.41, 5.74) is 2.01. The summed E-state index contributed by atoms with van der Waals surface area (Å²) in [4.78, 5) is 11.4. The lowest BCUT2D eigenvalue weighted by molar-refractivity contribution is -0.120. The average molecular weight is 242 g/mol. The van der Waals surface area contributed by atoms with Crippen LogP contribution in [0.2, 0.25) is 0 Å². The second-order valence-electron chi connectivity index (χ2n) is 4.51. The van der Waals surface area contributed by atoms with Gasteiger partial charge in [-0.15, -0.1) is 0 Å². The van der Waals surface area contributed by atoms with Gasteiger partial charge in [0.1, 0.15) is 5.78 Å². The molecule has 18 heavy (non-hydrogen) atoms. The zero-order chi connectivity index (χ0) is 13.0. The molecule has 0 aliphatic rings. The fraction of sp³-hybridized carbons (Fsp3) is 0.333. The third-order valence-corrected chi connectivity index (χ3v) is 3.19. The van der Waals surface area contributed by atoms with Crippen LogP contribution in [0.5, 0.6) is 0 Å². The topological polar surface area (TPSA) is 34.9 Å². The minimum Gasteiger partial charge on any atom is -0.300 e. The number of nitrogens with zero attached hydrogens (tertiary/aromatic N) is 2. The highest BCUT2D eigenvalue weighted by Crippen LogP contribution is 2.13. The van der Waals surface area contributed by atoms with E-state index in [9.17, 15) is 4.79 Å². The Bertz CT molecular complexity index is 516. The SMILES string of the molecule is CCC(Cc1ccn(-c2ccccc2)n1)C(C)=O. The van der Waals surface area contributed by atoms with E-state index in [1.54, 1.807) is 6.92 Å². The summed E-state index contributed by atoms with van der Waals surface area (Å²) in [5.74, 6) is 0.330. The Balaban J connectivity index is 2.14. The molecule has 0 amide bonds. The molecule has 0 spiro atoms. The molecule has 0 saturated heterocycles. The number of benzene rings is 1. The molecule has 1 aromatic carbocycles. The maximum absolute atomic E-state index is 11.4. The summed E-state index contributed by atoms with van der Waals surface area (Å²) in [6, 6.07) is 12.0. The van der Waals surface area contributed by atoms with Gasteiger partial charge in [-0.05, 0) is 31.5 Å². The number of rotatable bonds is 5. The van der Waals surface area contributed by atoms with Gasteiger partial charge in [-0.2, -0.15) is 5.10 Å². The Kier molecular flexibility index (Phi) is 3.92. The fourth-order valence-electron chi connectivity index (χ4n) is 2.02. The number of hydrogen-bond donors (Lipinski definition) is 0. The van der Waals surface area contributed by atoms with E-state index in [2.05, 4.69) is 5.10 Å². The third kappa shape index (κ3) is 2.86. The predicted octanol–water partition coefficient (Wildman–Crippen LogP) is 3.03. The van der Waals surface area contributed by atoms with Gasteiger partial charge in [-0.1, -0.05) is 25.1 Å². The largest absolute Gasteiger partial charge is 0.300 e. The van der Waals surface area contributed by atoms with Gasteiger partial charge >= 0.3 is 0 Å². The van der Waals surface area contributed by atoms with E-state index in [4.69, 9.17) is 0 Å². The van der Waals surface area contributed by atoms with Crippen LogP contribution in [0.3, 0.4) is 0 Å². The number of hydrogen-bond acceptors (Lipinski definition) is 2. The number of carbonyl (C=O) groups is 1. The van der Waals surface area contributed by atoms with Crippen LogP contribution in [0.15, 0.2) is 42.6 Å². The van der Waals surface area contributed by atoms with E-state index in [-0.39, 0.29) is 11.7 Å². The summed E-state index contributed by atoms with van der Waals surface area (Å²) < 4.78 is 1.85. The molecule has 1 unspecified atom stereocenters. The van der Waals surface area contributed by atoms with Crippen LogP contribution in [0.1, 0.15) is 26.0 Å². The molecule has 2 aromatic rings. The van der Waals surface area contributed by atoms with Crippen molar-refractivity contribution in [2.75, 3.05) is 0 Å². The molecule has 0 radical (unpaired) electrons. The number of ketones is 1. The standard InChI is InChI=1S/C15H18N2O/c1-3-13(12(2)18)11-14-9-10-17(16-14)15-7-5-4-6-8-15/h4-10,13H,3,11H2,1-2H3. The Morgan fingerprint density at radius 3 is 2.61 bits per heavy atom. The van der Waals surface area contributed by atoms with Crippen molar-refractivity contribution in [1.82, 2.24) is 9.78 Å². The summed E-state index contributed by atoms with van der Waals surface area (Å²) in [5, 5.41) is 4.52. The van der Waals surface area contributed by atoms with Gasteiger partial charge in [0.2, 0.25) is 0 Å². The van der Waals surface area contributed by atoms with Gasteiger partial charge in [0.15, 0.2) is 0 Å². The molecular formula is C15H18N2O. The molecular weight excluding hydrogens is 224 g/mol. The highest BCUT2D eigenvalue weighted by Gasteiger charge is 2.14. The highest BCUT2D eigenvalue weighted by atomic mass is 16.1. The quantitative estimate of drug-likeness (QED) is 0.807. The first-order valence-corrected chi connectivity index (χ1v) is 6.31. The third-order valence-electron chi connectivity index (χ3n) is 3.19. The van der Waals surface area contributed by atoms with E-state index in [1.165, 1.54) is 0 Å². The van der Waals surface area contributed by atoms with Gasteiger partial charge in [0.25, 0.3) is 0 Å². The maximum atomic E-state index is 11.4. The molecule has 3 nitrogen and oxygen atoms in total. The predicted molar refractivity (Wildman–Crippen MR) is 71.7 cm³/mol. The zero-order valence-electron chi connectivity index (χ0n) is 10.8. The van der Waals surface area contributed by atoms with Gasteiger partial charge in [0, 0.05) is 18.5 Å². The molecule has 1 heterocycles. The van der Waals surface area contributed by atoms with Crippen LogP contribution in [-0.2, 0) is 11.2 Å². The molecule has 0 saturated carbocycles. The van der Waals surface area contributed by atoms with Crippen molar-refractivity contribution >= 4 is 5.78 Å². The Morgan fingerprint density at radius 1 is 1.28 bits per heavy atom. The highest BCUT2D eigenvalue weighted by molar-refractivity contribution is 5.78. The van der Waals surface area contributed by atoms with Gasteiger partial charge < -0.3 is 0 Å². The second kappa shape index (κ2) is 5.63. The molecule has 0 aliphatic carbocycles. The monoisotopic (exact) mass is 242 g/mol. The van der Waals surface area contributed by atoms with Gasteiger partial charge in [0.05, 0.1) is 11.4 Å². The first-order valence-electron chi connectivity index (χ1n) is 6.31. The van der Waals surface area contributed by atoms with Crippen LogP contribution in [0.25, 0.3) is 5.69 Å². The fourth-order valence-corrected chi connectivity index (χ4v) is 2.02. The van der Waals surface area contributed by atoms with Crippen LogP contribution in [0, 0.1) is 5.92 Å². The van der Waals surface area contributed by atoms with Crippen molar-refractivity contribution in [3.8, 4) is 5.69 Å². The smallest absolute Gasteiger partial charge is 0.133 e. The van der Waals surface area contributed by atoms with Crippen molar-refractivity contribution in [1.29, 1.82) is 0 Å². The zero-order valence-corrected chi connectivity index (χ0v) is 10.8. The van der Waals surface area contributed by atoms with Gasteiger partial charge in [-0.3, -0.25) is 4.79 Å². The maximum Gasteiger partial charge on any atom is 0.133 e.